The molecule has 3 rings (SSSR count). The van der Waals surface area contributed by atoms with Crippen molar-refractivity contribution in [3.8, 4) is 0 Å². The Bertz CT molecular complexity index is 515. The molecule has 0 aromatic heterocycles. The number of hydrogen-bond donors (Lipinski definition) is 1. The Morgan fingerprint density at radius 3 is 2.61 bits per heavy atom. The van der Waals surface area contributed by atoms with Gasteiger partial charge in [-0.25, -0.2) is 0 Å². The van der Waals surface area contributed by atoms with Gasteiger partial charge in [-0.2, -0.15) is 0 Å². The predicted molar refractivity (Wildman–Crippen MR) is 62.6 cm³/mol. The Hall–Kier alpha value is -1.75. The maximum Gasteiger partial charge on any atom is 0.255 e. The van der Waals surface area contributed by atoms with Gasteiger partial charge in [-0.3, -0.25) is 14.9 Å². The van der Waals surface area contributed by atoms with Gasteiger partial charge in [0.15, 0.2) is 11.4 Å². The van der Waals surface area contributed by atoms with Gasteiger partial charge >= 0.3 is 0 Å². The molecule has 18 heavy (non-hydrogen) atoms. The third kappa shape index (κ3) is 1.28. The normalized spacial score (nSPS) is 38.1. The Kier molecular flexibility index (Phi) is 2.28. The molecular weight excluding hydrogens is 234 g/mol. The first-order valence-electron chi connectivity index (χ1n) is 6.01. The lowest BCUT2D eigenvalue weighted by molar-refractivity contribution is -0.544. The third-order valence-corrected chi connectivity index (χ3v) is 4.27. The molecule has 0 saturated heterocycles. The van der Waals surface area contributed by atoms with E-state index >= 15 is 0 Å². The Balaban J connectivity index is 2.10. The fourth-order valence-corrected chi connectivity index (χ4v) is 3.50. The van der Waals surface area contributed by atoms with Crippen LogP contribution in [0.2, 0.25) is 0 Å². The smallest absolute Gasteiger partial charge is 0.255 e. The van der Waals surface area contributed by atoms with E-state index in [1.807, 2.05) is 6.07 Å². The van der Waals surface area contributed by atoms with Crippen LogP contribution in [0.1, 0.15) is 24.3 Å². The van der Waals surface area contributed by atoms with Crippen molar-refractivity contribution >= 4 is 5.78 Å². The van der Waals surface area contributed by atoms with Gasteiger partial charge in [0.2, 0.25) is 0 Å². The minimum absolute atomic E-state index is 0.214. The van der Waals surface area contributed by atoms with Gasteiger partial charge in [-0.05, 0) is 18.4 Å². The molecule has 2 bridgehead atoms. The fraction of sp³-hybridized carbons (Fsp3) is 0.462. The standard InChI is InChI=1S/C13H13NO4/c15-12-9-6-7-13(12,16)11(14(17)18)10(9)8-4-2-1-3-5-8/h1-5,9-11,16H,6-7H2/t9-,10-,11-,13-/m0/s1. The van der Waals surface area contributed by atoms with Crippen LogP contribution in [0, 0.1) is 16.0 Å². The summed E-state index contributed by atoms with van der Waals surface area (Å²) in [5.74, 6) is -1.25. The molecule has 2 aliphatic rings. The van der Waals surface area contributed by atoms with E-state index in [1.54, 1.807) is 24.3 Å². The fourth-order valence-electron chi connectivity index (χ4n) is 3.50. The highest BCUT2D eigenvalue weighted by Gasteiger charge is 2.70. The summed E-state index contributed by atoms with van der Waals surface area (Å²) in [4.78, 5) is 22.8. The molecule has 1 N–H and O–H groups in total. The molecule has 0 amide bonds. The van der Waals surface area contributed by atoms with Gasteiger partial charge in [0.1, 0.15) is 0 Å². The van der Waals surface area contributed by atoms with Crippen molar-refractivity contribution in [2.45, 2.75) is 30.4 Å². The number of fused-ring (bicyclic) bond motifs is 2. The van der Waals surface area contributed by atoms with E-state index in [0.717, 1.165) is 5.56 Å². The van der Waals surface area contributed by atoms with Crippen molar-refractivity contribution in [2.24, 2.45) is 5.92 Å². The van der Waals surface area contributed by atoms with Crippen LogP contribution in [-0.2, 0) is 4.79 Å². The van der Waals surface area contributed by atoms with Gasteiger partial charge in [0.05, 0.1) is 5.92 Å². The number of carbonyl (C=O) groups excluding carboxylic acids is 1. The van der Waals surface area contributed by atoms with Gasteiger partial charge in [0.25, 0.3) is 6.04 Å². The van der Waals surface area contributed by atoms with Crippen LogP contribution < -0.4 is 0 Å². The summed E-state index contributed by atoms with van der Waals surface area (Å²) in [6.45, 7) is 0. The first kappa shape index (κ1) is 11.3. The van der Waals surface area contributed by atoms with Gasteiger partial charge in [-0.1, -0.05) is 30.3 Å². The van der Waals surface area contributed by atoms with E-state index < -0.39 is 28.4 Å². The number of Topliss-reactive ketones (excluding diaryl/α,β-unsaturated/α-hetero) is 1. The lowest BCUT2D eigenvalue weighted by Gasteiger charge is -2.27. The number of nitro groups is 1. The third-order valence-electron chi connectivity index (χ3n) is 4.27. The topological polar surface area (TPSA) is 80.4 Å². The number of carbonyl (C=O) groups is 1. The Morgan fingerprint density at radius 2 is 2.00 bits per heavy atom. The van der Waals surface area contributed by atoms with Crippen LogP contribution in [-0.4, -0.2) is 27.5 Å². The van der Waals surface area contributed by atoms with Crippen molar-refractivity contribution in [3.63, 3.8) is 0 Å². The SMILES string of the molecule is O=C1[C@H]2CC[C@]1(O)[C@@H]([N+](=O)[O-])[C@H]2c1ccccc1. The van der Waals surface area contributed by atoms with E-state index in [4.69, 9.17) is 0 Å². The molecule has 4 atom stereocenters. The zero-order valence-corrected chi connectivity index (χ0v) is 9.65. The summed E-state index contributed by atoms with van der Waals surface area (Å²) in [5.41, 5.74) is -0.984. The zero-order chi connectivity index (χ0) is 12.9. The number of nitrogens with zero attached hydrogens (tertiary/aromatic N) is 1. The van der Waals surface area contributed by atoms with Gasteiger partial charge in [0, 0.05) is 10.8 Å². The molecular formula is C13H13NO4. The van der Waals surface area contributed by atoms with E-state index in [1.165, 1.54) is 0 Å². The Labute approximate surface area is 104 Å². The lowest BCUT2D eigenvalue weighted by Crippen LogP contribution is -2.48. The maximum absolute atomic E-state index is 12.0. The summed E-state index contributed by atoms with van der Waals surface area (Å²) in [5, 5.41) is 21.5. The molecule has 5 heteroatoms. The summed E-state index contributed by atoms with van der Waals surface area (Å²) >= 11 is 0. The second-order valence-corrected chi connectivity index (χ2v) is 5.10. The molecule has 94 valence electrons. The first-order valence-corrected chi connectivity index (χ1v) is 6.01. The highest BCUT2D eigenvalue weighted by molar-refractivity contribution is 5.95. The van der Waals surface area contributed by atoms with Crippen molar-refractivity contribution in [2.75, 3.05) is 0 Å². The van der Waals surface area contributed by atoms with Gasteiger partial charge < -0.3 is 5.11 Å². The first-order chi connectivity index (χ1) is 8.55. The largest absolute Gasteiger partial charge is 0.376 e. The zero-order valence-electron chi connectivity index (χ0n) is 9.65. The van der Waals surface area contributed by atoms with Crippen molar-refractivity contribution in [3.05, 3.63) is 46.0 Å². The minimum atomic E-state index is -1.76. The monoisotopic (exact) mass is 247 g/mol. The predicted octanol–water partition coefficient (Wildman–Crippen LogP) is 1.14. The van der Waals surface area contributed by atoms with Crippen LogP contribution in [0.25, 0.3) is 0 Å². The number of benzene rings is 1. The maximum atomic E-state index is 12.0. The summed E-state index contributed by atoms with van der Waals surface area (Å²) in [7, 11) is 0. The van der Waals surface area contributed by atoms with Crippen molar-refractivity contribution in [1.82, 2.24) is 0 Å². The van der Waals surface area contributed by atoms with Crippen LogP contribution in [0.5, 0.6) is 0 Å². The Morgan fingerprint density at radius 1 is 1.33 bits per heavy atom. The second-order valence-electron chi connectivity index (χ2n) is 5.10. The van der Waals surface area contributed by atoms with E-state index in [-0.39, 0.29) is 12.2 Å². The number of aliphatic hydroxyl groups is 1. The molecule has 1 aromatic rings. The molecule has 1 aromatic carbocycles. The van der Waals surface area contributed by atoms with Crippen LogP contribution in [0.15, 0.2) is 30.3 Å². The average Bonchev–Trinajstić information content (AvgIpc) is 2.76. The molecule has 0 aliphatic heterocycles. The van der Waals surface area contributed by atoms with E-state index in [0.29, 0.717) is 6.42 Å². The lowest BCUT2D eigenvalue weighted by atomic mass is 9.79. The molecule has 0 heterocycles. The average molecular weight is 247 g/mol. The number of rotatable bonds is 2. The van der Waals surface area contributed by atoms with Crippen LogP contribution in [0.3, 0.4) is 0 Å². The number of ketones is 1. The summed E-state index contributed by atoms with van der Waals surface area (Å²) in [6.07, 6.45) is 0.755. The summed E-state index contributed by atoms with van der Waals surface area (Å²) < 4.78 is 0. The molecule has 2 aliphatic carbocycles. The molecule has 0 radical (unpaired) electrons. The van der Waals surface area contributed by atoms with Crippen LogP contribution in [0.4, 0.5) is 0 Å². The molecule has 5 nitrogen and oxygen atoms in total. The minimum Gasteiger partial charge on any atom is -0.376 e. The van der Waals surface area contributed by atoms with E-state index in [9.17, 15) is 20.0 Å². The molecule has 2 fully saturated rings. The highest BCUT2D eigenvalue weighted by atomic mass is 16.6. The highest BCUT2D eigenvalue weighted by Crippen LogP contribution is 2.53. The quantitative estimate of drug-likeness (QED) is 0.627. The second kappa shape index (κ2) is 3.62. The van der Waals surface area contributed by atoms with Crippen LogP contribution >= 0.6 is 0 Å². The molecule has 2 saturated carbocycles. The van der Waals surface area contributed by atoms with Crippen molar-refractivity contribution < 1.29 is 14.8 Å². The molecule has 0 unspecified atom stereocenters. The van der Waals surface area contributed by atoms with Crippen molar-refractivity contribution in [1.29, 1.82) is 0 Å². The summed E-state index contributed by atoms with van der Waals surface area (Å²) in [6, 6.07) is 7.80. The number of hydrogen-bond acceptors (Lipinski definition) is 4. The van der Waals surface area contributed by atoms with Gasteiger partial charge in [-0.15, -0.1) is 0 Å². The van der Waals surface area contributed by atoms with E-state index in [2.05, 4.69) is 0 Å². The molecule has 0 spiro atoms.